The van der Waals surface area contributed by atoms with Gasteiger partial charge in [0.1, 0.15) is 28.9 Å². The summed E-state index contributed by atoms with van der Waals surface area (Å²) >= 11 is 0. The zero-order valence-electron chi connectivity index (χ0n) is 20.1. The molecule has 4 rings (SSSR count). The molecule has 35 heavy (non-hydrogen) atoms. The lowest BCUT2D eigenvalue weighted by Crippen LogP contribution is -2.49. The van der Waals surface area contributed by atoms with Gasteiger partial charge < -0.3 is 23.1 Å². The van der Waals surface area contributed by atoms with Crippen LogP contribution in [0, 0.1) is 0 Å². The van der Waals surface area contributed by atoms with Crippen LogP contribution in [0.25, 0.3) is 0 Å². The SMILES string of the molecule is CO[Si](COc1ccc(O)cc1[P+](c1ccccc1)(c1ccccc1)c1ccccc1)(OC)OC. The van der Waals surface area contributed by atoms with Crippen molar-refractivity contribution >= 4 is 37.3 Å². The third-order valence-corrected chi connectivity index (χ3v) is 12.7. The third kappa shape index (κ3) is 4.89. The minimum atomic E-state index is -3.01. The van der Waals surface area contributed by atoms with Crippen molar-refractivity contribution in [2.45, 2.75) is 0 Å². The van der Waals surface area contributed by atoms with Gasteiger partial charge in [0.2, 0.25) is 0 Å². The van der Waals surface area contributed by atoms with Crippen LogP contribution in [0.15, 0.2) is 109 Å². The van der Waals surface area contributed by atoms with Crippen LogP contribution in [0.3, 0.4) is 0 Å². The lowest BCUT2D eigenvalue weighted by Gasteiger charge is -2.30. The van der Waals surface area contributed by atoms with Crippen molar-refractivity contribution in [3.05, 3.63) is 109 Å². The summed E-state index contributed by atoms with van der Waals surface area (Å²) in [6.07, 6.45) is 0.132. The van der Waals surface area contributed by atoms with E-state index in [0.29, 0.717) is 5.75 Å². The second-order valence-corrected chi connectivity index (χ2v) is 14.2. The van der Waals surface area contributed by atoms with Crippen molar-refractivity contribution in [1.82, 2.24) is 0 Å². The number of phenols is 1. The number of hydrogen-bond acceptors (Lipinski definition) is 5. The van der Waals surface area contributed by atoms with E-state index in [2.05, 4.69) is 72.8 Å². The van der Waals surface area contributed by atoms with Gasteiger partial charge in [-0.15, -0.1) is 0 Å². The molecule has 0 radical (unpaired) electrons. The first-order valence-corrected chi connectivity index (χ1v) is 15.0. The molecule has 0 atom stereocenters. The number of rotatable bonds is 10. The molecule has 0 aliphatic heterocycles. The van der Waals surface area contributed by atoms with Gasteiger partial charge in [-0.25, -0.2) is 0 Å². The van der Waals surface area contributed by atoms with E-state index in [1.165, 1.54) is 0 Å². The summed E-state index contributed by atoms with van der Waals surface area (Å²) in [5, 5.41) is 15.1. The lowest BCUT2D eigenvalue weighted by atomic mass is 10.3. The molecular weight excluding hydrogens is 475 g/mol. The van der Waals surface area contributed by atoms with E-state index in [9.17, 15) is 5.11 Å². The Balaban J connectivity index is 2.02. The minimum Gasteiger partial charge on any atom is -0.508 e. The molecule has 5 nitrogen and oxygen atoms in total. The number of hydrogen-bond donors (Lipinski definition) is 1. The molecule has 4 aromatic carbocycles. The smallest absolute Gasteiger partial charge is 0.508 e. The maximum atomic E-state index is 10.7. The van der Waals surface area contributed by atoms with Crippen LogP contribution in [0.2, 0.25) is 0 Å². The standard InChI is InChI=1S/C28H29O5PSi/c1-30-35(31-2,32-3)22-33-27-20-19-23(29)21-28(27)34(24-13-7-4-8-14-24,25-15-9-5-10-16-25)26-17-11-6-12-18-26/h4-21H,22H2,1-3H3/p+1. The van der Waals surface area contributed by atoms with Crippen molar-refractivity contribution in [2.75, 3.05) is 27.6 Å². The van der Waals surface area contributed by atoms with E-state index in [0.717, 1.165) is 21.2 Å². The van der Waals surface area contributed by atoms with Crippen molar-refractivity contribution in [3.8, 4) is 11.5 Å². The largest absolute Gasteiger partial charge is 0.539 e. The summed E-state index contributed by atoms with van der Waals surface area (Å²) in [4.78, 5) is 0. The van der Waals surface area contributed by atoms with E-state index >= 15 is 0 Å². The average Bonchev–Trinajstić information content (AvgIpc) is 2.93. The molecule has 0 heterocycles. The van der Waals surface area contributed by atoms with Crippen LogP contribution in [0.4, 0.5) is 0 Å². The summed E-state index contributed by atoms with van der Waals surface area (Å²) in [6, 6.07) is 36.6. The molecule has 0 saturated carbocycles. The summed E-state index contributed by atoms with van der Waals surface area (Å²) in [7, 11) is -0.781. The fourth-order valence-electron chi connectivity index (χ4n) is 4.30. The Labute approximate surface area is 208 Å². The minimum absolute atomic E-state index is 0.132. The van der Waals surface area contributed by atoms with Crippen molar-refractivity contribution in [2.24, 2.45) is 0 Å². The average molecular weight is 506 g/mol. The first-order chi connectivity index (χ1) is 17.1. The van der Waals surface area contributed by atoms with Gasteiger partial charge in [-0.2, -0.15) is 0 Å². The monoisotopic (exact) mass is 505 g/mol. The highest BCUT2D eigenvalue weighted by Crippen LogP contribution is 2.56. The number of benzene rings is 4. The van der Waals surface area contributed by atoms with Crippen LogP contribution < -0.4 is 26.0 Å². The molecule has 0 aliphatic carbocycles. The Hall–Kier alpha value is -2.99. The maximum absolute atomic E-state index is 10.7. The maximum Gasteiger partial charge on any atom is 0.539 e. The highest BCUT2D eigenvalue weighted by molar-refractivity contribution is 8.01. The summed E-state index contributed by atoms with van der Waals surface area (Å²) in [6.45, 7) is 0. The molecule has 0 aliphatic rings. The molecular formula is C28H30O5PSi+. The van der Waals surface area contributed by atoms with Crippen LogP contribution >= 0.6 is 7.26 Å². The number of ether oxygens (including phenoxy) is 1. The van der Waals surface area contributed by atoms with Crippen LogP contribution in [0.1, 0.15) is 0 Å². The second kappa shape index (κ2) is 11.2. The Morgan fingerprint density at radius 3 is 1.46 bits per heavy atom. The van der Waals surface area contributed by atoms with Gasteiger partial charge >= 0.3 is 8.80 Å². The fourth-order valence-corrected chi connectivity index (χ4v) is 9.87. The van der Waals surface area contributed by atoms with E-state index < -0.39 is 16.1 Å². The predicted octanol–water partition coefficient (Wildman–Crippen LogP) is 3.81. The van der Waals surface area contributed by atoms with Gasteiger partial charge in [-0.1, -0.05) is 54.6 Å². The van der Waals surface area contributed by atoms with Gasteiger partial charge in [0, 0.05) is 27.4 Å². The quantitative estimate of drug-likeness (QED) is 0.263. The highest BCUT2D eigenvalue weighted by atomic mass is 31.2. The van der Waals surface area contributed by atoms with Gasteiger partial charge in [0.05, 0.1) is 0 Å². The van der Waals surface area contributed by atoms with E-state index in [1.54, 1.807) is 27.4 Å². The Kier molecular flexibility index (Phi) is 8.01. The summed E-state index contributed by atoms with van der Waals surface area (Å²) < 4.78 is 23.2. The molecule has 0 fully saturated rings. The van der Waals surface area contributed by atoms with Crippen LogP contribution in [0.5, 0.6) is 11.5 Å². The highest BCUT2D eigenvalue weighted by Gasteiger charge is 2.50. The molecule has 0 aromatic heterocycles. The Morgan fingerprint density at radius 1 is 0.629 bits per heavy atom. The normalized spacial score (nSPS) is 11.9. The first-order valence-electron chi connectivity index (χ1n) is 11.3. The summed E-state index contributed by atoms with van der Waals surface area (Å²) in [5.74, 6) is 0.823. The zero-order valence-corrected chi connectivity index (χ0v) is 22.0. The fraction of sp³-hybridized carbons (Fsp3) is 0.143. The van der Waals surface area contributed by atoms with Gasteiger partial charge in [0.25, 0.3) is 0 Å². The molecule has 0 saturated heterocycles. The Morgan fingerprint density at radius 2 is 1.06 bits per heavy atom. The van der Waals surface area contributed by atoms with Gasteiger partial charge in [0.15, 0.2) is 17.3 Å². The molecule has 0 bridgehead atoms. The predicted molar refractivity (Wildman–Crippen MR) is 145 cm³/mol. The van der Waals surface area contributed by atoms with Crippen molar-refractivity contribution in [3.63, 3.8) is 0 Å². The van der Waals surface area contributed by atoms with Gasteiger partial charge in [-0.05, 0) is 48.5 Å². The zero-order chi connectivity index (χ0) is 24.7. The van der Waals surface area contributed by atoms with E-state index in [4.69, 9.17) is 18.0 Å². The molecule has 4 aromatic rings. The first kappa shape index (κ1) is 25.1. The van der Waals surface area contributed by atoms with Crippen LogP contribution in [-0.4, -0.2) is 41.5 Å². The third-order valence-electron chi connectivity index (χ3n) is 6.07. The topological polar surface area (TPSA) is 57.2 Å². The van der Waals surface area contributed by atoms with E-state index in [1.807, 2.05) is 30.3 Å². The molecule has 1 N–H and O–H groups in total. The molecule has 180 valence electrons. The molecule has 0 amide bonds. The van der Waals surface area contributed by atoms with E-state index in [-0.39, 0.29) is 12.0 Å². The number of phenolic OH excluding ortho intramolecular Hbond substituents is 1. The lowest BCUT2D eigenvalue weighted by molar-refractivity contribution is 0.100. The van der Waals surface area contributed by atoms with Crippen molar-refractivity contribution in [1.29, 1.82) is 0 Å². The van der Waals surface area contributed by atoms with Gasteiger partial charge in [-0.3, -0.25) is 0 Å². The molecule has 0 unspecified atom stereocenters. The number of aromatic hydroxyl groups is 1. The molecule has 7 heteroatoms. The Bertz CT molecular complexity index is 1110. The molecule has 0 spiro atoms. The van der Waals surface area contributed by atoms with Crippen LogP contribution in [-0.2, 0) is 13.3 Å². The summed E-state index contributed by atoms with van der Waals surface area (Å²) in [5.41, 5.74) is 0. The second-order valence-electron chi connectivity index (χ2n) is 7.91. The van der Waals surface area contributed by atoms with Crippen molar-refractivity contribution < 1.29 is 23.1 Å².